The SMILES string of the molecule is CCC(CNC(=O)C(NS(=O)(=O)c1ccc(C)cc1)C(C)O)c1ccccc1. The van der Waals surface area contributed by atoms with E-state index in [4.69, 9.17) is 0 Å². The Hall–Kier alpha value is -2.22. The summed E-state index contributed by atoms with van der Waals surface area (Å²) in [6.45, 7) is 5.62. The zero-order chi connectivity index (χ0) is 20.7. The maximum absolute atomic E-state index is 12.6. The Labute approximate surface area is 167 Å². The maximum Gasteiger partial charge on any atom is 0.241 e. The number of aryl methyl sites for hydroxylation is 1. The highest BCUT2D eigenvalue weighted by molar-refractivity contribution is 7.89. The van der Waals surface area contributed by atoms with E-state index in [2.05, 4.69) is 10.0 Å². The highest BCUT2D eigenvalue weighted by atomic mass is 32.2. The summed E-state index contributed by atoms with van der Waals surface area (Å²) in [5.74, 6) is -0.450. The fourth-order valence-corrected chi connectivity index (χ4v) is 4.15. The van der Waals surface area contributed by atoms with E-state index in [1.54, 1.807) is 12.1 Å². The summed E-state index contributed by atoms with van der Waals surface area (Å²) in [4.78, 5) is 12.6. The Morgan fingerprint density at radius 3 is 2.21 bits per heavy atom. The van der Waals surface area contributed by atoms with Crippen LogP contribution in [0.2, 0.25) is 0 Å². The van der Waals surface area contributed by atoms with Gasteiger partial charge in [0.1, 0.15) is 6.04 Å². The summed E-state index contributed by atoms with van der Waals surface area (Å²) in [6.07, 6.45) is -0.365. The van der Waals surface area contributed by atoms with Crippen molar-refractivity contribution in [2.45, 2.75) is 50.2 Å². The number of sulfonamides is 1. The number of rotatable bonds is 9. The fourth-order valence-electron chi connectivity index (χ4n) is 2.88. The van der Waals surface area contributed by atoms with Gasteiger partial charge in [-0.25, -0.2) is 8.42 Å². The first-order valence-corrected chi connectivity index (χ1v) is 10.8. The summed E-state index contributed by atoms with van der Waals surface area (Å²) in [5.41, 5.74) is 2.02. The summed E-state index contributed by atoms with van der Waals surface area (Å²) < 4.78 is 27.5. The van der Waals surface area contributed by atoms with Crippen molar-refractivity contribution in [3.63, 3.8) is 0 Å². The number of carbonyl (C=O) groups excluding carboxylic acids is 1. The predicted octanol–water partition coefficient (Wildman–Crippen LogP) is 2.33. The number of aliphatic hydroxyl groups is 1. The molecule has 0 saturated heterocycles. The lowest BCUT2D eigenvalue weighted by molar-refractivity contribution is -0.125. The molecule has 0 aromatic heterocycles. The van der Waals surface area contributed by atoms with E-state index in [1.165, 1.54) is 19.1 Å². The van der Waals surface area contributed by atoms with E-state index in [1.807, 2.05) is 44.2 Å². The van der Waals surface area contributed by atoms with Gasteiger partial charge >= 0.3 is 0 Å². The molecule has 2 rings (SSSR count). The predicted molar refractivity (Wildman–Crippen MR) is 109 cm³/mol. The molecule has 2 aromatic rings. The van der Waals surface area contributed by atoms with Gasteiger partial charge in [0.2, 0.25) is 15.9 Å². The summed E-state index contributed by atoms with van der Waals surface area (Å²) in [7, 11) is -3.93. The number of carbonyl (C=O) groups is 1. The molecule has 6 nitrogen and oxygen atoms in total. The van der Waals surface area contributed by atoms with Crippen molar-refractivity contribution in [2.75, 3.05) is 6.54 Å². The van der Waals surface area contributed by atoms with Crippen LogP contribution >= 0.6 is 0 Å². The van der Waals surface area contributed by atoms with Gasteiger partial charge in [0.15, 0.2) is 0 Å². The van der Waals surface area contributed by atoms with Gasteiger partial charge in [0, 0.05) is 12.5 Å². The quantitative estimate of drug-likeness (QED) is 0.598. The molecule has 0 heterocycles. The molecule has 3 unspecified atom stereocenters. The van der Waals surface area contributed by atoms with E-state index >= 15 is 0 Å². The molecule has 1 amide bonds. The van der Waals surface area contributed by atoms with Crippen LogP contribution in [-0.2, 0) is 14.8 Å². The van der Waals surface area contributed by atoms with E-state index in [0.717, 1.165) is 17.5 Å². The molecule has 3 atom stereocenters. The largest absolute Gasteiger partial charge is 0.391 e. The molecular formula is C21H28N2O4S. The molecule has 0 aliphatic carbocycles. The zero-order valence-electron chi connectivity index (χ0n) is 16.4. The van der Waals surface area contributed by atoms with Crippen molar-refractivity contribution in [1.82, 2.24) is 10.0 Å². The third-order valence-electron chi connectivity index (χ3n) is 4.66. The molecule has 7 heteroatoms. The second-order valence-corrected chi connectivity index (χ2v) is 8.63. The molecule has 0 fully saturated rings. The number of benzene rings is 2. The van der Waals surface area contributed by atoms with Gasteiger partial charge in [-0.3, -0.25) is 4.79 Å². The molecule has 0 bridgehead atoms. The second kappa shape index (κ2) is 9.82. The molecule has 0 aliphatic heterocycles. The summed E-state index contributed by atoms with van der Waals surface area (Å²) in [5, 5.41) is 12.8. The van der Waals surface area contributed by atoms with Gasteiger partial charge < -0.3 is 10.4 Å². The topological polar surface area (TPSA) is 95.5 Å². The lowest BCUT2D eigenvalue weighted by atomic mass is 9.96. The minimum absolute atomic E-state index is 0.0484. The smallest absolute Gasteiger partial charge is 0.241 e. The number of hydrogen-bond acceptors (Lipinski definition) is 4. The van der Waals surface area contributed by atoms with Crippen LogP contribution in [-0.4, -0.2) is 38.1 Å². The molecule has 0 aliphatic rings. The zero-order valence-corrected chi connectivity index (χ0v) is 17.2. The Balaban J connectivity index is 2.08. The highest BCUT2D eigenvalue weighted by Gasteiger charge is 2.29. The molecule has 0 radical (unpaired) electrons. The van der Waals surface area contributed by atoms with Crippen LogP contribution in [0.4, 0.5) is 0 Å². The Kier molecular flexibility index (Phi) is 7.74. The van der Waals surface area contributed by atoms with Crippen molar-refractivity contribution in [3.8, 4) is 0 Å². The molecule has 3 N–H and O–H groups in total. The molecule has 0 saturated carbocycles. The normalized spacial score (nSPS) is 14.9. The van der Waals surface area contributed by atoms with Crippen LogP contribution < -0.4 is 10.0 Å². The average Bonchev–Trinajstić information content (AvgIpc) is 2.67. The molecule has 0 spiro atoms. The standard InChI is InChI=1S/C21H28N2O4S/c1-4-17(18-8-6-5-7-9-18)14-22-21(25)20(16(3)24)23-28(26,27)19-12-10-15(2)11-13-19/h5-13,16-17,20,23-24H,4,14H2,1-3H3,(H,22,25). The van der Waals surface area contributed by atoms with E-state index in [9.17, 15) is 18.3 Å². The van der Waals surface area contributed by atoms with Crippen molar-refractivity contribution in [2.24, 2.45) is 0 Å². The van der Waals surface area contributed by atoms with Crippen molar-refractivity contribution in [3.05, 3.63) is 65.7 Å². The lowest BCUT2D eigenvalue weighted by Crippen LogP contribution is -2.52. The molecule has 2 aromatic carbocycles. The van der Waals surface area contributed by atoms with E-state index in [0.29, 0.717) is 6.54 Å². The van der Waals surface area contributed by atoms with Gasteiger partial charge in [0.05, 0.1) is 11.0 Å². The van der Waals surface area contributed by atoms with Gasteiger partial charge in [-0.15, -0.1) is 0 Å². The highest BCUT2D eigenvalue weighted by Crippen LogP contribution is 2.18. The minimum atomic E-state index is -3.93. The molecule has 152 valence electrons. The Morgan fingerprint density at radius 1 is 1.07 bits per heavy atom. The second-order valence-electron chi connectivity index (χ2n) is 6.91. The average molecular weight is 405 g/mol. The molecular weight excluding hydrogens is 376 g/mol. The van der Waals surface area contributed by atoms with Gasteiger partial charge in [-0.05, 0) is 38.0 Å². The van der Waals surface area contributed by atoms with Crippen molar-refractivity contribution >= 4 is 15.9 Å². The maximum atomic E-state index is 12.6. The third kappa shape index (κ3) is 5.89. The summed E-state index contributed by atoms with van der Waals surface area (Å²) in [6, 6.07) is 14.8. The molecule has 28 heavy (non-hydrogen) atoms. The Bertz CT molecular complexity index is 865. The third-order valence-corrected chi connectivity index (χ3v) is 6.12. The lowest BCUT2D eigenvalue weighted by Gasteiger charge is -2.23. The van der Waals surface area contributed by atoms with Crippen molar-refractivity contribution in [1.29, 1.82) is 0 Å². The van der Waals surface area contributed by atoms with E-state index in [-0.39, 0.29) is 10.8 Å². The number of aliphatic hydroxyl groups excluding tert-OH is 1. The first-order chi connectivity index (χ1) is 13.2. The van der Waals surface area contributed by atoms with E-state index < -0.39 is 28.1 Å². The minimum Gasteiger partial charge on any atom is -0.391 e. The van der Waals surface area contributed by atoms with Gasteiger partial charge in [-0.1, -0.05) is 55.0 Å². The van der Waals surface area contributed by atoms with Gasteiger partial charge in [-0.2, -0.15) is 4.72 Å². The summed E-state index contributed by atoms with van der Waals surface area (Å²) >= 11 is 0. The van der Waals surface area contributed by atoms with Crippen LogP contribution in [0.1, 0.15) is 37.3 Å². The van der Waals surface area contributed by atoms with Crippen LogP contribution in [0.25, 0.3) is 0 Å². The van der Waals surface area contributed by atoms with Crippen LogP contribution in [0, 0.1) is 6.92 Å². The number of amides is 1. The van der Waals surface area contributed by atoms with Crippen LogP contribution in [0.5, 0.6) is 0 Å². The van der Waals surface area contributed by atoms with Crippen LogP contribution in [0.15, 0.2) is 59.5 Å². The Morgan fingerprint density at radius 2 is 1.68 bits per heavy atom. The number of hydrogen-bond donors (Lipinski definition) is 3. The number of nitrogens with one attached hydrogen (secondary N) is 2. The van der Waals surface area contributed by atoms with Crippen molar-refractivity contribution < 1.29 is 18.3 Å². The van der Waals surface area contributed by atoms with Crippen LogP contribution in [0.3, 0.4) is 0 Å². The van der Waals surface area contributed by atoms with Gasteiger partial charge in [0.25, 0.3) is 0 Å². The first kappa shape index (κ1) is 22.1. The monoisotopic (exact) mass is 404 g/mol. The first-order valence-electron chi connectivity index (χ1n) is 9.34. The fraction of sp³-hybridized carbons (Fsp3) is 0.381.